The molecule has 5 heteroatoms. The van der Waals surface area contributed by atoms with Gasteiger partial charge in [-0.1, -0.05) is 29.8 Å². The fourth-order valence-corrected chi connectivity index (χ4v) is 4.07. The van der Waals surface area contributed by atoms with Crippen molar-refractivity contribution < 1.29 is 0 Å². The molecule has 4 heterocycles. The number of benzene rings is 1. The van der Waals surface area contributed by atoms with Gasteiger partial charge in [0.25, 0.3) is 0 Å². The van der Waals surface area contributed by atoms with Gasteiger partial charge in [0.2, 0.25) is 0 Å². The zero-order chi connectivity index (χ0) is 16.8. The maximum Gasteiger partial charge on any atom is 0.156 e. The smallest absolute Gasteiger partial charge is 0.156 e. The average molecular weight is 331 g/mol. The lowest BCUT2D eigenvalue weighted by molar-refractivity contribution is 0.326. The molecule has 0 amide bonds. The Bertz CT molecular complexity index is 1040. The van der Waals surface area contributed by atoms with Crippen LogP contribution in [0.1, 0.15) is 29.2 Å². The summed E-state index contributed by atoms with van der Waals surface area (Å²) < 4.78 is 2.26. The first-order valence-electron chi connectivity index (χ1n) is 8.85. The Kier molecular flexibility index (Phi) is 3.35. The molecule has 1 unspecified atom stereocenters. The van der Waals surface area contributed by atoms with Crippen LogP contribution < -0.4 is 0 Å². The summed E-state index contributed by atoms with van der Waals surface area (Å²) in [6.45, 7) is 5.39. The van der Waals surface area contributed by atoms with E-state index in [1.54, 1.807) is 0 Å². The minimum atomic E-state index is 0.514. The van der Waals surface area contributed by atoms with Gasteiger partial charge < -0.3 is 4.98 Å². The third-order valence-electron chi connectivity index (χ3n) is 5.25. The van der Waals surface area contributed by atoms with Gasteiger partial charge in [0.05, 0.1) is 11.7 Å². The second-order valence-electron chi connectivity index (χ2n) is 7.06. The second kappa shape index (κ2) is 5.70. The summed E-state index contributed by atoms with van der Waals surface area (Å²) in [6.07, 6.45) is 7.00. The highest BCUT2D eigenvalue weighted by Crippen LogP contribution is 2.30. The Labute approximate surface area is 146 Å². The largest absolute Gasteiger partial charge is 0.345 e. The first-order chi connectivity index (χ1) is 12.3. The van der Waals surface area contributed by atoms with Crippen molar-refractivity contribution in [2.75, 3.05) is 13.1 Å². The number of hydrogen-bond donors (Lipinski definition) is 1. The molecule has 0 saturated carbocycles. The van der Waals surface area contributed by atoms with Crippen LogP contribution in [0.15, 0.2) is 48.9 Å². The fourth-order valence-electron chi connectivity index (χ4n) is 4.07. The molecule has 0 radical (unpaired) electrons. The third-order valence-corrected chi connectivity index (χ3v) is 5.25. The van der Waals surface area contributed by atoms with Crippen LogP contribution in [0.25, 0.3) is 16.8 Å². The molecule has 1 fully saturated rings. The molecule has 1 saturated heterocycles. The summed E-state index contributed by atoms with van der Waals surface area (Å²) in [5, 5.41) is 0. The maximum atomic E-state index is 4.58. The lowest BCUT2D eigenvalue weighted by Crippen LogP contribution is -2.20. The number of H-pyrrole nitrogens is 1. The number of nitrogens with zero attached hydrogens (tertiary/aromatic N) is 4. The molecule has 5 rings (SSSR count). The minimum Gasteiger partial charge on any atom is -0.345 e. The topological polar surface area (TPSA) is 49.2 Å². The van der Waals surface area contributed by atoms with Crippen molar-refractivity contribution in [3.8, 4) is 0 Å². The van der Waals surface area contributed by atoms with Gasteiger partial charge in [-0.3, -0.25) is 9.30 Å². The maximum absolute atomic E-state index is 4.58. The molecule has 0 bridgehead atoms. The predicted octanol–water partition coefficient (Wildman–Crippen LogP) is 3.51. The van der Waals surface area contributed by atoms with Gasteiger partial charge in [0.1, 0.15) is 0 Å². The van der Waals surface area contributed by atoms with E-state index in [1.165, 1.54) is 23.2 Å². The van der Waals surface area contributed by atoms with E-state index in [-0.39, 0.29) is 0 Å². The Balaban J connectivity index is 1.43. The van der Waals surface area contributed by atoms with E-state index in [9.17, 15) is 0 Å². The highest BCUT2D eigenvalue weighted by Gasteiger charge is 2.27. The van der Waals surface area contributed by atoms with Crippen molar-refractivity contribution in [1.29, 1.82) is 0 Å². The second-order valence-corrected chi connectivity index (χ2v) is 7.06. The molecule has 1 aliphatic heterocycles. The van der Waals surface area contributed by atoms with E-state index in [4.69, 9.17) is 0 Å². The molecular weight excluding hydrogens is 310 g/mol. The summed E-state index contributed by atoms with van der Waals surface area (Å²) in [5.41, 5.74) is 6.99. The Morgan fingerprint density at radius 3 is 3.08 bits per heavy atom. The van der Waals surface area contributed by atoms with Crippen molar-refractivity contribution in [3.05, 3.63) is 65.7 Å². The van der Waals surface area contributed by atoms with Gasteiger partial charge in [-0.2, -0.15) is 0 Å². The van der Waals surface area contributed by atoms with Crippen LogP contribution in [0.2, 0.25) is 0 Å². The summed E-state index contributed by atoms with van der Waals surface area (Å²) >= 11 is 0. The highest BCUT2D eigenvalue weighted by atomic mass is 15.2. The summed E-state index contributed by atoms with van der Waals surface area (Å²) in [7, 11) is 0. The van der Waals surface area contributed by atoms with Crippen molar-refractivity contribution in [1.82, 2.24) is 24.3 Å². The van der Waals surface area contributed by atoms with Crippen LogP contribution in [0.4, 0.5) is 0 Å². The summed E-state index contributed by atoms with van der Waals surface area (Å²) in [5.74, 6) is 0.514. The minimum absolute atomic E-state index is 0.514. The van der Waals surface area contributed by atoms with Crippen LogP contribution >= 0.6 is 0 Å². The normalized spacial score (nSPS) is 18.5. The van der Waals surface area contributed by atoms with Gasteiger partial charge in [0, 0.05) is 37.1 Å². The molecule has 1 aromatic carbocycles. The number of hydrogen-bond acceptors (Lipinski definition) is 3. The molecule has 126 valence electrons. The molecule has 3 aromatic heterocycles. The number of likely N-dealkylation sites (tertiary alicyclic amines) is 1. The summed E-state index contributed by atoms with van der Waals surface area (Å²) in [4.78, 5) is 14.8. The molecule has 1 N–H and O–H groups in total. The number of imidazole rings is 1. The number of aryl methyl sites for hydroxylation is 1. The SMILES string of the molecule is Cc1cccc(CN2CCC(c3cnc4cnc5[nH]ccc5n34)C2)c1. The van der Waals surface area contributed by atoms with Gasteiger partial charge in [-0.05, 0) is 31.5 Å². The number of aromatic nitrogens is 4. The van der Waals surface area contributed by atoms with E-state index in [1.807, 2.05) is 18.6 Å². The molecule has 25 heavy (non-hydrogen) atoms. The van der Waals surface area contributed by atoms with Crippen LogP contribution in [-0.4, -0.2) is 37.3 Å². The fraction of sp³-hybridized carbons (Fsp3) is 0.300. The molecule has 5 nitrogen and oxygen atoms in total. The number of rotatable bonds is 3. The first kappa shape index (κ1) is 14.7. The van der Waals surface area contributed by atoms with Crippen molar-refractivity contribution in [2.45, 2.75) is 25.8 Å². The van der Waals surface area contributed by atoms with Gasteiger partial charge in [0.15, 0.2) is 11.3 Å². The van der Waals surface area contributed by atoms with Gasteiger partial charge in [-0.15, -0.1) is 0 Å². The first-order valence-corrected chi connectivity index (χ1v) is 8.85. The zero-order valence-electron chi connectivity index (χ0n) is 14.3. The zero-order valence-corrected chi connectivity index (χ0v) is 14.3. The van der Waals surface area contributed by atoms with Crippen LogP contribution in [0.5, 0.6) is 0 Å². The molecule has 4 aromatic rings. The Morgan fingerprint density at radius 1 is 1.20 bits per heavy atom. The lowest BCUT2D eigenvalue weighted by Gasteiger charge is -2.16. The lowest BCUT2D eigenvalue weighted by atomic mass is 10.1. The molecular formula is C20H21N5. The van der Waals surface area contributed by atoms with E-state index in [0.717, 1.165) is 36.4 Å². The molecule has 0 aliphatic carbocycles. The highest BCUT2D eigenvalue weighted by molar-refractivity contribution is 5.74. The molecule has 0 spiro atoms. The molecule has 1 aliphatic rings. The van der Waals surface area contributed by atoms with Crippen LogP contribution in [0, 0.1) is 6.92 Å². The average Bonchev–Trinajstić information content (AvgIpc) is 3.32. The van der Waals surface area contributed by atoms with Crippen molar-refractivity contribution in [3.63, 3.8) is 0 Å². The van der Waals surface area contributed by atoms with Crippen molar-refractivity contribution >= 4 is 16.8 Å². The molecule has 1 atom stereocenters. The number of fused-ring (bicyclic) bond motifs is 3. The van der Waals surface area contributed by atoms with E-state index < -0.39 is 0 Å². The summed E-state index contributed by atoms with van der Waals surface area (Å²) in [6, 6.07) is 10.9. The van der Waals surface area contributed by atoms with Crippen LogP contribution in [0.3, 0.4) is 0 Å². The Morgan fingerprint density at radius 2 is 2.16 bits per heavy atom. The predicted molar refractivity (Wildman–Crippen MR) is 98.7 cm³/mol. The van der Waals surface area contributed by atoms with E-state index in [2.05, 4.69) is 61.5 Å². The van der Waals surface area contributed by atoms with Gasteiger partial charge in [-0.25, -0.2) is 9.97 Å². The number of aromatic amines is 1. The Hall–Kier alpha value is -2.66. The number of nitrogens with one attached hydrogen (secondary N) is 1. The van der Waals surface area contributed by atoms with Crippen molar-refractivity contribution in [2.24, 2.45) is 0 Å². The monoisotopic (exact) mass is 331 g/mol. The van der Waals surface area contributed by atoms with E-state index >= 15 is 0 Å². The van der Waals surface area contributed by atoms with Crippen LogP contribution in [-0.2, 0) is 6.54 Å². The van der Waals surface area contributed by atoms with Gasteiger partial charge >= 0.3 is 0 Å². The standard InChI is InChI=1S/C20H21N5/c1-14-3-2-4-15(9-14)12-24-8-6-16(13-24)18-10-22-19-11-23-20-17(25(18)19)5-7-21-20/h2-5,7,9-11,16,21H,6,8,12-13H2,1H3. The quantitative estimate of drug-likeness (QED) is 0.625. The van der Waals surface area contributed by atoms with E-state index in [0.29, 0.717) is 5.92 Å². The third kappa shape index (κ3) is 2.51.